The van der Waals surface area contributed by atoms with E-state index in [0.29, 0.717) is 12.5 Å². The SMILES string of the molecule is CC(NC(=O)NCC1CCCN(C)C1)C(C)C(=O)O. The third kappa shape index (κ3) is 5.46. The van der Waals surface area contributed by atoms with Crippen LogP contribution in [0, 0.1) is 11.8 Å². The first kappa shape index (κ1) is 15.8. The maximum atomic E-state index is 11.7. The molecule has 0 aromatic rings. The molecule has 3 unspecified atom stereocenters. The van der Waals surface area contributed by atoms with Crippen LogP contribution in [0.15, 0.2) is 0 Å². The molecule has 6 nitrogen and oxygen atoms in total. The summed E-state index contributed by atoms with van der Waals surface area (Å²) in [5, 5.41) is 14.3. The van der Waals surface area contributed by atoms with E-state index in [-0.39, 0.29) is 12.1 Å². The zero-order valence-corrected chi connectivity index (χ0v) is 12.0. The van der Waals surface area contributed by atoms with E-state index in [1.54, 1.807) is 13.8 Å². The fourth-order valence-corrected chi connectivity index (χ4v) is 2.27. The number of amides is 2. The first-order chi connectivity index (χ1) is 8.90. The van der Waals surface area contributed by atoms with Crippen molar-refractivity contribution in [2.45, 2.75) is 32.7 Å². The van der Waals surface area contributed by atoms with E-state index in [1.165, 1.54) is 0 Å². The molecule has 3 N–H and O–H groups in total. The Bertz CT molecular complexity index is 322. The maximum Gasteiger partial charge on any atom is 0.315 e. The van der Waals surface area contributed by atoms with E-state index in [9.17, 15) is 9.59 Å². The summed E-state index contributed by atoms with van der Waals surface area (Å²) in [6.45, 7) is 6.05. The number of aliphatic carboxylic acids is 1. The van der Waals surface area contributed by atoms with Gasteiger partial charge in [-0.1, -0.05) is 0 Å². The van der Waals surface area contributed by atoms with Crippen LogP contribution < -0.4 is 10.6 Å². The van der Waals surface area contributed by atoms with E-state index in [0.717, 1.165) is 25.9 Å². The van der Waals surface area contributed by atoms with Gasteiger partial charge < -0.3 is 20.6 Å². The second-order valence-corrected chi connectivity index (χ2v) is 5.54. The van der Waals surface area contributed by atoms with Crippen LogP contribution in [0.5, 0.6) is 0 Å². The third-order valence-corrected chi connectivity index (χ3v) is 3.77. The average Bonchev–Trinajstić information content (AvgIpc) is 2.35. The van der Waals surface area contributed by atoms with Crippen molar-refractivity contribution in [1.29, 1.82) is 0 Å². The van der Waals surface area contributed by atoms with Crippen molar-refractivity contribution in [3.05, 3.63) is 0 Å². The molecule has 1 aliphatic rings. The van der Waals surface area contributed by atoms with Crippen molar-refractivity contribution < 1.29 is 14.7 Å². The summed E-state index contributed by atoms with van der Waals surface area (Å²) in [4.78, 5) is 24.7. The Balaban J connectivity index is 2.25. The Kier molecular flexibility index (Phi) is 6.08. The van der Waals surface area contributed by atoms with Crippen LogP contribution in [0.1, 0.15) is 26.7 Å². The zero-order valence-electron chi connectivity index (χ0n) is 12.0. The lowest BCUT2D eigenvalue weighted by Crippen LogP contribution is -2.47. The van der Waals surface area contributed by atoms with Crippen LogP contribution >= 0.6 is 0 Å². The minimum absolute atomic E-state index is 0.283. The van der Waals surface area contributed by atoms with E-state index in [4.69, 9.17) is 5.11 Å². The summed E-state index contributed by atoms with van der Waals surface area (Å²) in [5.74, 6) is -1.01. The first-order valence-electron chi connectivity index (χ1n) is 6.86. The first-order valence-corrected chi connectivity index (χ1v) is 6.86. The predicted molar refractivity (Wildman–Crippen MR) is 73.0 cm³/mol. The fraction of sp³-hybridized carbons (Fsp3) is 0.846. The monoisotopic (exact) mass is 271 g/mol. The van der Waals surface area contributed by atoms with Crippen LogP contribution in [0.2, 0.25) is 0 Å². The van der Waals surface area contributed by atoms with Gasteiger partial charge in [-0.15, -0.1) is 0 Å². The summed E-state index contributed by atoms with van der Waals surface area (Å²) in [6.07, 6.45) is 2.29. The molecule has 0 saturated carbocycles. The molecule has 6 heteroatoms. The van der Waals surface area contributed by atoms with Gasteiger partial charge in [0.05, 0.1) is 5.92 Å². The Labute approximate surface area is 114 Å². The summed E-state index contributed by atoms with van der Waals surface area (Å²) < 4.78 is 0. The minimum Gasteiger partial charge on any atom is -0.481 e. The standard InChI is InChI=1S/C13H25N3O3/c1-9(12(17)18)10(2)15-13(19)14-7-11-5-4-6-16(3)8-11/h9-11H,4-8H2,1-3H3,(H,17,18)(H2,14,15,19). The molecule has 1 aliphatic heterocycles. The Morgan fingerprint density at radius 2 is 2.11 bits per heavy atom. The smallest absolute Gasteiger partial charge is 0.315 e. The maximum absolute atomic E-state index is 11.7. The van der Waals surface area contributed by atoms with Gasteiger partial charge in [0.1, 0.15) is 0 Å². The lowest BCUT2D eigenvalue weighted by molar-refractivity contribution is -0.141. The number of carbonyl (C=O) groups is 2. The number of hydrogen-bond donors (Lipinski definition) is 3. The van der Waals surface area contributed by atoms with E-state index < -0.39 is 11.9 Å². The molecule has 110 valence electrons. The Hall–Kier alpha value is -1.30. The number of urea groups is 1. The molecule has 0 spiro atoms. The van der Waals surface area contributed by atoms with Gasteiger partial charge in [0, 0.05) is 19.1 Å². The van der Waals surface area contributed by atoms with Crippen molar-refractivity contribution in [3.63, 3.8) is 0 Å². The number of likely N-dealkylation sites (tertiary alicyclic amines) is 1. The molecule has 0 radical (unpaired) electrons. The topological polar surface area (TPSA) is 81.7 Å². The fourth-order valence-electron chi connectivity index (χ4n) is 2.27. The summed E-state index contributed by atoms with van der Waals surface area (Å²) in [5.41, 5.74) is 0. The number of hydrogen-bond acceptors (Lipinski definition) is 3. The van der Waals surface area contributed by atoms with Gasteiger partial charge in [0.15, 0.2) is 0 Å². The number of piperidine rings is 1. The quantitative estimate of drug-likeness (QED) is 0.689. The van der Waals surface area contributed by atoms with Crippen LogP contribution in [-0.4, -0.2) is 54.7 Å². The van der Waals surface area contributed by atoms with E-state index in [1.807, 2.05) is 0 Å². The molecule has 0 bridgehead atoms. The van der Waals surface area contributed by atoms with Crippen molar-refractivity contribution >= 4 is 12.0 Å². The number of rotatable bonds is 5. The van der Waals surface area contributed by atoms with E-state index >= 15 is 0 Å². The highest BCUT2D eigenvalue weighted by atomic mass is 16.4. The number of carboxylic acid groups (broad SMARTS) is 1. The Morgan fingerprint density at radius 3 is 2.68 bits per heavy atom. The highest BCUT2D eigenvalue weighted by Crippen LogP contribution is 2.13. The molecule has 1 fully saturated rings. The molecular weight excluding hydrogens is 246 g/mol. The molecule has 3 atom stereocenters. The van der Waals surface area contributed by atoms with Gasteiger partial charge in [-0.05, 0) is 46.2 Å². The Morgan fingerprint density at radius 1 is 1.42 bits per heavy atom. The van der Waals surface area contributed by atoms with Crippen LogP contribution in [-0.2, 0) is 4.79 Å². The number of carbonyl (C=O) groups excluding carboxylic acids is 1. The molecule has 0 aromatic carbocycles. The van der Waals surface area contributed by atoms with Gasteiger partial charge in [-0.2, -0.15) is 0 Å². The van der Waals surface area contributed by atoms with Gasteiger partial charge >= 0.3 is 12.0 Å². The highest BCUT2D eigenvalue weighted by Gasteiger charge is 2.22. The third-order valence-electron chi connectivity index (χ3n) is 3.77. The number of carboxylic acids is 1. The van der Waals surface area contributed by atoms with Crippen LogP contribution in [0.4, 0.5) is 4.79 Å². The second-order valence-electron chi connectivity index (χ2n) is 5.54. The lowest BCUT2D eigenvalue weighted by atomic mass is 9.98. The second kappa shape index (κ2) is 7.33. The highest BCUT2D eigenvalue weighted by molar-refractivity contribution is 5.76. The largest absolute Gasteiger partial charge is 0.481 e. The van der Waals surface area contributed by atoms with Crippen LogP contribution in [0.3, 0.4) is 0 Å². The van der Waals surface area contributed by atoms with Gasteiger partial charge in [0.25, 0.3) is 0 Å². The number of nitrogens with one attached hydrogen (secondary N) is 2. The number of nitrogens with zero attached hydrogens (tertiary/aromatic N) is 1. The van der Waals surface area contributed by atoms with Crippen molar-refractivity contribution in [3.8, 4) is 0 Å². The molecule has 0 aromatic heterocycles. The molecular formula is C13H25N3O3. The molecule has 19 heavy (non-hydrogen) atoms. The van der Waals surface area contributed by atoms with Gasteiger partial charge in [-0.25, -0.2) is 4.79 Å². The average molecular weight is 271 g/mol. The molecule has 1 rings (SSSR count). The van der Waals surface area contributed by atoms with Crippen molar-refractivity contribution in [2.24, 2.45) is 11.8 Å². The molecule has 1 heterocycles. The summed E-state index contributed by atoms with van der Waals surface area (Å²) >= 11 is 0. The summed E-state index contributed by atoms with van der Waals surface area (Å²) in [7, 11) is 2.09. The molecule has 0 aliphatic carbocycles. The van der Waals surface area contributed by atoms with E-state index in [2.05, 4.69) is 22.6 Å². The zero-order chi connectivity index (χ0) is 14.4. The molecule has 1 saturated heterocycles. The van der Waals surface area contributed by atoms with Crippen molar-refractivity contribution in [2.75, 3.05) is 26.7 Å². The van der Waals surface area contributed by atoms with Crippen LogP contribution in [0.25, 0.3) is 0 Å². The summed E-state index contributed by atoms with van der Waals surface area (Å²) in [6, 6.07) is -0.666. The van der Waals surface area contributed by atoms with Crippen molar-refractivity contribution in [1.82, 2.24) is 15.5 Å². The molecule has 2 amide bonds. The predicted octanol–water partition coefficient (Wildman–Crippen LogP) is 0.737. The normalized spacial score (nSPS) is 23.4. The van der Waals surface area contributed by atoms with Gasteiger partial charge in [-0.3, -0.25) is 4.79 Å². The lowest BCUT2D eigenvalue weighted by Gasteiger charge is -2.30. The minimum atomic E-state index is -0.901. The van der Waals surface area contributed by atoms with Gasteiger partial charge in [0.2, 0.25) is 0 Å².